The fourth-order valence-corrected chi connectivity index (χ4v) is 2.53. The van der Waals surface area contributed by atoms with Crippen LogP contribution in [-0.2, 0) is 11.0 Å². The molecule has 1 amide bonds. The molecule has 0 bridgehead atoms. The van der Waals surface area contributed by atoms with E-state index >= 15 is 0 Å². The van der Waals surface area contributed by atoms with Crippen LogP contribution in [0.1, 0.15) is 24.8 Å². The highest BCUT2D eigenvalue weighted by Gasteiger charge is 2.31. The minimum absolute atomic E-state index is 0.0189. The molecule has 5 nitrogen and oxygen atoms in total. The predicted octanol–water partition coefficient (Wildman–Crippen LogP) is 1.79. The summed E-state index contributed by atoms with van der Waals surface area (Å²) in [5.74, 6) is 0.559. The summed E-state index contributed by atoms with van der Waals surface area (Å²) in [6.45, 7) is 1.96. The Hall–Kier alpha value is -1.83. The molecule has 1 saturated heterocycles. The first-order valence-electron chi connectivity index (χ1n) is 7.62. The van der Waals surface area contributed by atoms with E-state index in [2.05, 4.69) is 15.6 Å². The number of rotatable bonds is 5. The summed E-state index contributed by atoms with van der Waals surface area (Å²) in [6, 6.07) is 2.56. The summed E-state index contributed by atoms with van der Waals surface area (Å²) in [5, 5.41) is 5.90. The molecule has 0 aromatic carbocycles. The molecule has 2 N–H and O–H groups in total. The molecule has 23 heavy (non-hydrogen) atoms. The van der Waals surface area contributed by atoms with Gasteiger partial charge in [-0.1, -0.05) is 0 Å². The molecule has 128 valence electrons. The Bertz CT molecular complexity index is 510. The lowest BCUT2D eigenvalue weighted by Crippen LogP contribution is -2.45. The van der Waals surface area contributed by atoms with Crippen LogP contribution in [0.3, 0.4) is 0 Å². The number of alkyl halides is 3. The van der Waals surface area contributed by atoms with Gasteiger partial charge in [0.05, 0.1) is 5.56 Å². The van der Waals surface area contributed by atoms with Gasteiger partial charge in [-0.3, -0.25) is 4.79 Å². The zero-order valence-electron chi connectivity index (χ0n) is 13.0. The highest BCUT2D eigenvalue weighted by atomic mass is 19.4. The van der Waals surface area contributed by atoms with Crippen LogP contribution in [0.5, 0.6) is 0 Å². The van der Waals surface area contributed by atoms with Gasteiger partial charge in [0, 0.05) is 38.3 Å². The van der Waals surface area contributed by atoms with Crippen LogP contribution in [-0.4, -0.2) is 43.6 Å². The van der Waals surface area contributed by atoms with Crippen LogP contribution in [0.25, 0.3) is 0 Å². The lowest BCUT2D eigenvalue weighted by atomic mass is 10.0. The highest BCUT2D eigenvalue weighted by Crippen LogP contribution is 2.29. The zero-order valence-corrected chi connectivity index (χ0v) is 13.0. The molecule has 2 rings (SSSR count). The van der Waals surface area contributed by atoms with Gasteiger partial charge in [-0.25, -0.2) is 4.98 Å². The smallest absolute Gasteiger partial charge is 0.356 e. The van der Waals surface area contributed by atoms with E-state index in [1.165, 1.54) is 6.07 Å². The van der Waals surface area contributed by atoms with Gasteiger partial charge >= 0.3 is 6.18 Å². The van der Waals surface area contributed by atoms with Gasteiger partial charge in [-0.05, 0) is 32.0 Å². The average Bonchev–Trinajstić information content (AvgIpc) is 2.53. The molecular weight excluding hydrogens is 309 g/mol. The Morgan fingerprint density at radius 1 is 1.35 bits per heavy atom. The van der Waals surface area contributed by atoms with Crippen LogP contribution < -0.4 is 15.5 Å². The van der Waals surface area contributed by atoms with E-state index in [0.717, 1.165) is 25.1 Å². The van der Waals surface area contributed by atoms with E-state index in [-0.39, 0.29) is 11.9 Å². The molecule has 1 aromatic rings. The van der Waals surface area contributed by atoms with Gasteiger partial charge in [0.2, 0.25) is 5.91 Å². The summed E-state index contributed by atoms with van der Waals surface area (Å²) >= 11 is 0. The van der Waals surface area contributed by atoms with Crippen LogP contribution in [0, 0.1) is 0 Å². The number of hydrogen-bond acceptors (Lipinski definition) is 4. The van der Waals surface area contributed by atoms with Gasteiger partial charge in [-0.15, -0.1) is 0 Å². The van der Waals surface area contributed by atoms with Crippen molar-refractivity contribution in [3.05, 3.63) is 23.9 Å². The average molecular weight is 330 g/mol. The molecule has 2 heterocycles. The maximum atomic E-state index is 12.5. The van der Waals surface area contributed by atoms with Gasteiger partial charge in [0.1, 0.15) is 5.82 Å². The molecule has 1 aromatic heterocycles. The van der Waals surface area contributed by atoms with E-state index in [9.17, 15) is 18.0 Å². The second kappa shape index (κ2) is 7.63. The third kappa shape index (κ3) is 5.09. The van der Waals surface area contributed by atoms with Crippen molar-refractivity contribution in [2.24, 2.45) is 0 Å². The second-order valence-corrected chi connectivity index (χ2v) is 5.59. The van der Waals surface area contributed by atoms with Gasteiger partial charge in [0.25, 0.3) is 0 Å². The number of nitrogens with one attached hydrogen (secondary N) is 2. The number of amides is 1. The van der Waals surface area contributed by atoms with Crippen molar-refractivity contribution in [1.82, 2.24) is 15.6 Å². The van der Waals surface area contributed by atoms with Crippen LogP contribution >= 0.6 is 0 Å². The van der Waals surface area contributed by atoms with Crippen molar-refractivity contribution in [2.75, 3.05) is 31.6 Å². The maximum absolute atomic E-state index is 12.5. The SMILES string of the molecule is CNCCC(=O)NC1CCN(c2ccc(C(F)(F)F)cn2)CC1. The van der Waals surface area contributed by atoms with Crippen molar-refractivity contribution in [3.8, 4) is 0 Å². The van der Waals surface area contributed by atoms with Crippen LogP contribution in [0.15, 0.2) is 18.3 Å². The lowest BCUT2D eigenvalue weighted by molar-refractivity contribution is -0.137. The van der Waals surface area contributed by atoms with E-state index < -0.39 is 11.7 Å². The van der Waals surface area contributed by atoms with E-state index in [4.69, 9.17) is 0 Å². The number of nitrogens with zero attached hydrogens (tertiary/aromatic N) is 2. The largest absolute Gasteiger partial charge is 0.417 e. The van der Waals surface area contributed by atoms with Crippen molar-refractivity contribution < 1.29 is 18.0 Å². The number of pyridine rings is 1. The normalized spacial score (nSPS) is 16.4. The van der Waals surface area contributed by atoms with Crippen LogP contribution in [0.2, 0.25) is 0 Å². The Morgan fingerprint density at radius 2 is 2.04 bits per heavy atom. The standard InChI is InChI=1S/C15H21F3N4O/c1-19-7-4-14(23)21-12-5-8-22(9-6-12)13-3-2-11(10-20-13)15(16,17)18/h2-3,10,12,19H,4-9H2,1H3,(H,21,23). The van der Waals surface area contributed by atoms with E-state index in [1.807, 2.05) is 4.90 Å². The number of aromatic nitrogens is 1. The summed E-state index contributed by atoms with van der Waals surface area (Å²) in [5.41, 5.74) is -0.743. The number of hydrogen-bond donors (Lipinski definition) is 2. The summed E-state index contributed by atoms with van der Waals surface area (Å²) in [6.07, 6.45) is -1.55. The predicted molar refractivity (Wildman–Crippen MR) is 81.2 cm³/mol. The maximum Gasteiger partial charge on any atom is 0.417 e. The van der Waals surface area contributed by atoms with Crippen molar-refractivity contribution >= 4 is 11.7 Å². The summed E-state index contributed by atoms with van der Waals surface area (Å²) in [7, 11) is 1.79. The number of carbonyl (C=O) groups excluding carboxylic acids is 1. The first-order chi connectivity index (χ1) is 10.9. The van der Waals surface area contributed by atoms with Crippen molar-refractivity contribution in [3.63, 3.8) is 0 Å². The number of piperidine rings is 1. The minimum Gasteiger partial charge on any atom is -0.356 e. The fraction of sp³-hybridized carbons (Fsp3) is 0.600. The topological polar surface area (TPSA) is 57.3 Å². The number of halogens is 3. The molecule has 0 saturated carbocycles. The Morgan fingerprint density at radius 3 is 2.57 bits per heavy atom. The molecular formula is C15H21F3N4O. The molecule has 8 heteroatoms. The van der Waals surface area contributed by atoms with Gasteiger partial charge in [0.15, 0.2) is 0 Å². The summed E-state index contributed by atoms with van der Waals surface area (Å²) in [4.78, 5) is 17.5. The second-order valence-electron chi connectivity index (χ2n) is 5.59. The molecule has 1 fully saturated rings. The third-order valence-corrected chi connectivity index (χ3v) is 3.86. The molecule has 0 atom stereocenters. The molecule has 1 aliphatic rings. The van der Waals surface area contributed by atoms with Gasteiger partial charge < -0.3 is 15.5 Å². The first kappa shape index (κ1) is 17.5. The highest BCUT2D eigenvalue weighted by molar-refractivity contribution is 5.76. The van der Waals surface area contributed by atoms with Gasteiger partial charge in [-0.2, -0.15) is 13.2 Å². The van der Waals surface area contributed by atoms with E-state index in [1.54, 1.807) is 7.05 Å². The zero-order chi connectivity index (χ0) is 16.9. The molecule has 0 aliphatic carbocycles. The molecule has 0 spiro atoms. The Labute approximate surface area is 133 Å². The van der Waals surface area contributed by atoms with Crippen molar-refractivity contribution in [2.45, 2.75) is 31.5 Å². The summed E-state index contributed by atoms with van der Waals surface area (Å²) < 4.78 is 37.6. The molecule has 0 unspecified atom stereocenters. The molecule has 1 aliphatic heterocycles. The number of carbonyl (C=O) groups is 1. The first-order valence-corrected chi connectivity index (χ1v) is 7.62. The Balaban J connectivity index is 1.83. The van der Waals surface area contributed by atoms with Crippen molar-refractivity contribution in [1.29, 1.82) is 0 Å². The Kier molecular flexibility index (Phi) is 5.81. The quantitative estimate of drug-likeness (QED) is 0.864. The third-order valence-electron chi connectivity index (χ3n) is 3.86. The molecule has 0 radical (unpaired) electrons. The fourth-order valence-electron chi connectivity index (χ4n) is 2.53. The van der Waals surface area contributed by atoms with E-state index in [0.29, 0.717) is 31.9 Å². The van der Waals surface area contributed by atoms with Crippen LogP contribution in [0.4, 0.5) is 19.0 Å². The lowest BCUT2D eigenvalue weighted by Gasteiger charge is -2.33. The monoisotopic (exact) mass is 330 g/mol. The minimum atomic E-state index is -4.36. The number of anilines is 1.